The number of hydrogen-bond acceptors (Lipinski definition) is 3. The first-order valence-corrected chi connectivity index (χ1v) is 8.45. The summed E-state index contributed by atoms with van der Waals surface area (Å²) in [5.41, 5.74) is 3.00. The van der Waals surface area contributed by atoms with Gasteiger partial charge in [0.15, 0.2) is 0 Å². The fourth-order valence-electron chi connectivity index (χ4n) is 2.48. The van der Waals surface area contributed by atoms with E-state index in [0.717, 1.165) is 26.6 Å². The smallest absolute Gasteiger partial charge is 0.252 e. The van der Waals surface area contributed by atoms with Crippen LogP contribution in [0.1, 0.15) is 17.3 Å². The number of halogens is 1. The van der Waals surface area contributed by atoms with Gasteiger partial charge in [0, 0.05) is 21.5 Å². The summed E-state index contributed by atoms with van der Waals surface area (Å²) < 4.78 is 0.988. The molecule has 1 atom stereocenters. The lowest BCUT2D eigenvalue weighted by atomic mass is 10.0. The van der Waals surface area contributed by atoms with Gasteiger partial charge in [0.1, 0.15) is 0 Å². The van der Waals surface area contributed by atoms with Crippen molar-refractivity contribution in [2.45, 2.75) is 13.0 Å². The molecule has 5 heteroatoms. The summed E-state index contributed by atoms with van der Waals surface area (Å²) >= 11 is 3.42. The third-order valence-corrected chi connectivity index (χ3v) is 4.28. The Morgan fingerprint density at radius 1 is 1.21 bits per heavy atom. The normalized spacial score (nSPS) is 12.1. The molecular formula is C19H17BrN2O2. The maximum absolute atomic E-state index is 12.6. The number of aromatic nitrogens is 1. The van der Waals surface area contributed by atoms with Gasteiger partial charge in [-0.15, -0.1) is 0 Å². The Bertz CT molecular complexity index is 878. The molecule has 0 saturated heterocycles. The first-order chi connectivity index (χ1) is 11.6. The molecule has 0 aliphatic carbocycles. The van der Waals surface area contributed by atoms with Crippen LogP contribution in [0.5, 0.6) is 0 Å². The standard InChI is InChI=1S/C19H17BrN2O2/c1-12(11-23)21-19(24)16-10-18(13-6-8-14(20)9-7-13)22-17-5-3-2-4-15(16)17/h2-10,12,23H,11H2,1H3,(H,21,24). The van der Waals surface area contributed by atoms with Crippen LogP contribution < -0.4 is 5.32 Å². The van der Waals surface area contributed by atoms with Gasteiger partial charge >= 0.3 is 0 Å². The minimum Gasteiger partial charge on any atom is -0.394 e. The topological polar surface area (TPSA) is 62.2 Å². The number of amides is 1. The Morgan fingerprint density at radius 3 is 2.62 bits per heavy atom. The summed E-state index contributed by atoms with van der Waals surface area (Å²) in [4.78, 5) is 17.3. The Morgan fingerprint density at radius 2 is 1.92 bits per heavy atom. The van der Waals surface area contributed by atoms with Crippen LogP contribution >= 0.6 is 15.9 Å². The molecule has 0 saturated carbocycles. The van der Waals surface area contributed by atoms with Crippen molar-refractivity contribution < 1.29 is 9.90 Å². The third-order valence-electron chi connectivity index (χ3n) is 3.75. The molecule has 0 bridgehead atoms. The van der Waals surface area contributed by atoms with Crippen LogP contribution in [0, 0.1) is 0 Å². The number of hydrogen-bond donors (Lipinski definition) is 2. The molecule has 122 valence electrons. The number of nitrogens with one attached hydrogen (secondary N) is 1. The average Bonchev–Trinajstić information content (AvgIpc) is 2.61. The van der Waals surface area contributed by atoms with Gasteiger partial charge in [0.05, 0.1) is 23.4 Å². The molecule has 2 aromatic carbocycles. The van der Waals surface area contributed by atoms with Crippen LogP contribution in [0.25, 0.3) is 22.2 Å². The highest BCUT2D eigenvalue weighted by Crippen LogP contribution is 2.26. The summed E-state index contributed by atoms with van der Waals surface area (Å²) in [5.74, 6) is -0.214. The number of para-hydroxylation sites is 1. The molecule has 0 aliphatic rings. The number of aliphatic hydroxyl groups is 1. The number of benzene rings is 2. The lowest BCUT2D eigenvalue weighted by Crippen LogP contribution is -2.35. The van der Waals surface area contributed by atoms with E-state index in [2.05, 4.69) is 26.2 Å². The molecule has 0 fully saturated rings. The number of aliphatic hydroxyl groups excluding tert-OH is 1. The van der Waals surface area contributed by atoms with E-state index >= 15 is 0 Å². The van der Waals surface area contributed by atoms with Crippen LogP contribution in [-0.4, -0.2) is 28.6 Å². The molecule has 2 N–H and O–H groups in total. The molecule has 3 rings (SSSR count). The molecule has 0 radical (unpaired) electrons. The highest BCUT2D eigenvalue weighted by atomic mass is 79.9. The second-order valence-corrected chi connectivity index (χ2v) is 6.55. The fraction of sp³-hybridized carbons (Fsp3) is 0.158. The highest BCUT2D eigenvalue weighted by molar-refractivity contribution is 9.10. The number of carbonyl (C=O) groups excluding carboxylic acids is 1. The zero-order chi connectivity index (χ0) is 17.1. The van der Waals surface area contributed by atoms with Crippen LogP contribution in [0.15, 0.2) is 59.1 Å². The summed E-state index contributed by atoms with van der Waals surface area (Å²) in [7, 11) is 0. The number of fused-ring (bicyclic) bond motifs is 1. The average molecular weight is 385 g/mol. The predicted molar refractivity (Wildman–Crippen MR) is 98.9 cm³/mol. The van der Waals surface area contributed by atoms with E-state index in [4.69, 9.17) is 0 Å². The number of rotatable bonds is 4. The highest BCUT2D eigenvalue weighted by Gasteiger charge is 2.15. The molecule has 0 spiro atoms. The molecule has 1 amide bonds. The van der Waals surface area contributed by atoms with E-state index in [9.17, 15) is 9.90 Å². The molecule has 24 heavy (non-hydrogen) atoms. The molecule has 1 unspecified atom stereocenters. The maximum atomic E-state index is 12.6. The number of pyridine rings is 1. The van der Waals surface area contributed by atoms with Gasteiger partial charge in [-0.2, -0.15) is 0 Å². The Kier molecular flexibility index (Phi) is 4.92. The van der Waals surface area contributed by atoms with Gasteiger partial charge in [-0.3, -0.25) is 4.79 Å². The lowest BCUT2D eigenvalue weighted by Gasteiger charge is -2.13. The minimum absolute atomic E-state index is 0.103. The van der Waals surface area contributed by atoms with Gasteiger partial charge in [-0.25, -0.2) is 4.98 Å². The molecule has 0 aliphatic heterocycles. The first kappa shape index (κ1) is 16.6. The van der Waals surface area contributed by atoms with Crippen molar-refractivity contribution in [1.29, 1.82) is 0 Å². The third kappa shape index (κ3) is 3.47. The fourth-order valence-corrected chi connectivity index (χ4v) is 2.74. The van der Waals surface area contributed by atoms with Crippen molar-refractivity contribution in [3.05, 3.63) is 64.6 Å². The second-order valence-electron chi connectivity index (χ2n) is 5.64. The largest absolute Gasteiger partial charge is 0.394 e. The molecule has 1 aromatic heterocycles. The van der Waals surface area contributed by atoms with Crippen LogP contribution in [0.3, 0.4) is 0 Å². The Hall–Kier alpha value is -2.24. The Balaban J connectivity index is 2.12. The van der Waals surface area contributed by atoms with E-state index in [1.54, 1.807) is 13.0 Å². The molecule has 4 nitrogen and oxygen atoms in total. The SMILES string of the molecule is CC(CO)NC(=O)c1cc(-c2ccc(Br)cc2)nc2ccccc12. The van der Waals surface area contributed by atoms with Crippen LogP contribution in [0.2, 0.25) is 0 Å². The molecular weight excluding hydrogens is 368 g/mol. The van der Waals surface area contributed by atoms with Crippen molar-refractivity contribution in [3.63, 3.8) is 0 Å². The van der Waals surface area contributed by atoms with E-state index in [-0.39, 0.29) is 18.6 Å². The van der Waals surface area contributed by atoms with Gasteiger partial charge in [-0.05, 0) is 31.2 Å². The van der Waals surface area contributed by atoms with E-state index in [1.807, 2.05) is 48.5 Å². The monoisotopic (exact) mass is 384 g/mol. The minimum atomic E-state index is -0.305. The molecule has 3 aromatic rings. The predicted octanol–water partition coefficient (Wildman–Crippen LogP) is 3.77. The van der Waals surface area contributed by atoms with Crippen molar-refractivity contribution in [3.8, 4) is 11.3 Å². The van der Waals surface area contributed by atoms with Gasteiger partial charge in [0.2, 0.25) is 0 Å². The van der Waals surface area contributed by atoms with E-state index in [0.29, 0.717) is 5.56 Å². The van der Waals surface area contributed by atoms with Gasteiger partial charge < -0.3 is 10.4 Å². The second kappa shape index (κ2) is 7.11. The Labute approximate surface area is 148 Å². The van der Waals surface area contributed by atoms with Gasteiger partial charge in [0.25, 0.3) is 5.91 Å². The first-order valence-electron chi connectivity index (χ1n) is 7.66. The van der Waals surface area contributed by atoms with Crippen LogP contribution in [-0.2, 0) is 0 Å². The summed E-state index contributed by atoms with van der Waals surface area (Å²) in [5, 5.41) is 12.8. The molecule has 1 heterocycles. The van der Waals surface area contributed by atoms with Crippen molar-refractivity contribution in [2.75, 3.05) is 6.61 Å². The lowest BCUT2D eigenvalue weighted by molar-refractivity contribution is 0.0924. The van der Waals surface area contributed by atoms with Crippen molar-refractivity contribution in [1.82, 2.24) is 10.3 Å². The summed E-state index contributed by atoms with van der Waals surface area (Å²) in [6.45, 7) is 1.66. The van der Waals surface area contributed by atoms with E-state index in [1.165, 1.54) is 0 Å². The quantitative estimate of drug-likeness (QED) is 0.719. The summed E-state index contributed by atoms with van der Waals surface area (Å²) in [6, 6.07) is 16.9. The van der Waals surface area contributed by atoms with Gasteiger partial charge in [-0.1, -0.05) is 46.3 Å². The number of nitrogens with zero attached hydrogens (tertiary/aromatic N) is 1. The zero-order valence-electron chi connectivity index (χ0n) is 13.2. The van der Waals surface area contributed by atoms with Crippen molar-refractivity contribution >= 4 is 32.7 Å². The number of carbonyl (C=O) groups is 1. The zero-order valence-corrected chi connectivity index (χ0v) is 14.7. The van der Waals surface area contributed by atoms with E-state index < -0.39 is 0 Å². The van der Waals surface area contributed by atoms with Crippen LogP contribution in [0.4, 0.5) is 0 Å². The van der Waals surface area contributed by atoms with Crippen molar-refractivity contribution in [2.24, 2.45) is 0 Å². The summed E-state index contributed by atoms with van der Waals surface area (Å²) in [6.07, 6.45) is 0. The maximum Gasteiger partial charge on any atom is 0.252 e.